The lowest BCUT2D eigenvalue weighted by Crippen LogP contribution is -2.26. The largest absolute Gasteiger partial charge is 0.377 e. The van der Waals surface area contributed by atoms with Crippen LogP contribution in [0, 0.1) is 29.9 Å². The zero-order valence-electron chi connectivity index (χ0n) is 12.6. The fourth-order valence-corrected chi connectivity index (χ4v) is 3.00. The zero-order valence-corrected chi connectivity index (χ0v) is 12.6. The molecule has 1 saturated carbocycles. The van der Waals surface area contributed by atoms with E-state index in [9.17, 15) is 10.1 Å². The van der Waals surface area contributed by atoms with Gasteiger partial charge in [0.25, 0.3) is 5.69 Å². The first kappa shape index (κ1) is 14.8. The summed E-state index contributed by atoms with van der Waals surface area (Å²) >= 11 is 0. The smallest absolute Gasteiger partial charge is 0.292 e. The van der Waals surface area contributed by atoms with Gasteiger partial charge in [-0.1, -0.05) is 13.3 Å². The summed E-state index contributed by atoms with van der Waals surface area (Å²) in [6.07, 6.45) is 5.93. The second-order valence-electron chi connectivity index (χ2n) is 5.98. The number of benzene rings is 1. The molecule has 0 unspecified atom stereocenters. The zero-order chi connectivity index (χ0) is 14.7. The summed E-state index contributed by atoms with van der Waals surface area (Å²) in [5, 5.41) is 14.6. The number of hydrogen-bond donors (Lipinski definition) is 1. The lowest BCUT2D eigenvalue weighted by Gasteiger charge is -2.29. The molecule has 1 N–H and O–H groups in total. The van der Waals surface area contributed by atoms with E-state index in [0.29, 0.717) is 11.7 Å². The SMILES string of the molecule is CCC1CCC(Nc2cc(C)c(C)cc2[N+](=O)[O-])CC1. The van der Waals surface area contributed by atoms with Gasteiger partial charge in [0.15, 0.2) is 0 Å². The molecule has 1 fully saturated rings. The van der Waals surface area contributed by atoms with Gasteiger partial charge in [0, 0.05) is 12.1 Å². The van der Waals surface area contributed by atoms with Crippen LogP contribution in [0.5, 0.6) is 0 Å². The van der Waals surface area contributed by atoms with Crippen molar-refractivity contribution in [2.24, 2.45) is 5.92 Å². The molecule has 0 aliphatic heterocycles. The lowest BCUT2D eigenvalue weighted by molar-refractivity contribution is -0.384. The molecule has 0 atom stereocenters. The molecule has 4 nitrogen and oxygen atoms in total. The Kier molecular flexibility index (Phi) is 4.63. The highest BCUT2D eigenvalue weighted by Gasteiger charge is 2.23. The summed E-state index contributed by atoms with van der Waals surface area (Å²) in [7, 11) is 0. The van der Waals surface area contributed by atoms with Gasteiger partial charge in [-0.05, 0) is 62.6 Å². The Balaban J connectivity index is 2.13. The van der Waals surface area contributed by atoms with Crippen molar-refractivity contribution in [1.82, 2.24) is 0 Å². The standard InChI is InChI=1S/C16H24N2O2/c1-4-13-5-7-14(8-6-13)17-15-9-11(2)12(3)10-16(15)18(19)20/h9-10,13-14,17H,4-8H2,1-3H3. The molecule has 0 bridgehead atoms. The lowest BCUT2D eigenvalue weighted by atomic mass is 9.84. The summed E-state index contributed by atoms with van der Waals surface area (Å²) in [6, 6.07) is 3.97. The van der Waals surface area contributed by atoms with Crippen molar-refractivity contribution >= 4 is 11.4 Å². The number of nitro benzene ring substituents is 1. The Hall–Kier alpha value is -1.58. The molecule has 20 heavy (non-hydrogen) atoms. The van der Waals surface area contributed by atoms with Crippen LogP contribution < -0.4 is 5.32 Å². The van der Waals surface area contributed by atoms with E-state index in [0.717, 1.165) is 29.9 Å². The molecule has 1 aromatic rings. The molecule has 0 saturated heterocycles. The maximum absolute atomic E-state index is 11.2. The minimum Gasteiger partial charge on any atom is -0.377 e. The van der Waals surface area contributed by atoms with Crippen LogP contribution in [-0.4, -0.2) is 11.0 Å². The van der Waals surface area contributed by atoms with Gasteiger partial charge in [-0.15, -0.1) is 0 Å². The number of nitro groups is 1. The Labute approximate surface area is 120 Å². The molecule has 110 valence electrons. The van der Waals surface area contributed by atoms with Crippen molar-refractivity contribution in [2.75, 3.05) is 5.32 Å². The maximum atomic E-state index is 11.2. The predicted octanol–water partition coefficient (Wildman–Crippen LogP) is 4.59. The average Bonchev–Trinajstić information content (AvgIpc) is 2.43. The van der Waals surface area contributed by atoms with E-state index in [2.05, 4.69) is 12.2 Å². The Bertz CT molecular complexity index is 491. The minimum atomic E-state index is -0.285. The molecule has 1 aromatic carbocycles. The third-order valence-electron chi connectivity index (χ3n) is 4.59. The average molecular weight is 276 g/mol. The molecule has 0 aromatic heterocycles. The van der Waals surface area contributed by atoms with E-state index in [4.69, 9.17) is 0 Å². The van der Waals surface area contributed by atoms with Crippen molar-refractivity contribution in [1.29, 1.82) is 0 Å². The summed E-state index contributed by atoms with van der Waals surface area (Å²) in [5.41, 5.74) is 2.95. The molecule has 0 spiro atoms. The third kappa shape index (κ3) is 3.30. The fourth-order valence-electron chi connectivity index (χ4n) is 3.00. The Morgan fingerprint density at radius 3 is 2.35 bits per heavy atom. The first-order valence-corrected chi connectivity index (χ1v) is 7.53. The number of rotatable bonds is 4. The van der Waals surface area contributed by atoms with Crippen molar-refractivity contribution in [3.63, 3.8) is 0 Å². The van der Waals surface area contributed by atoms with E-state index >= 15 is 0 Å². The third-order valence-corrected chi connectivity index (χ3v) is 4.59. The van der Waals surface area contributed by atoms with E-state index in [-0.39, 0.29) is 10.6 Å². The highest BCUT2D eigenvalue weighted by molar-refractivity contribution is 5.64. The topological polar surface area (TPSA) is 55.2 Å². The van der Waals surface area contributed by atoms with Gasteiger partial charge < -0.3 is 5.32 Å². The molecule has 4 heteroatoms. The second-order valence-corrected chi connectivity index (χ2v) is 5.98. The number of nitrogens with one attached hydrogen (secondary N) is 1. The fraction of sp³-hybridized carbons (Fsp3) is 0.625. The van der Waals surface area contributed by atoms with Crippen LogP contribution >= 0.6 is 0 Å². The highest BCUT2D eigenvalue weighted by atomic mass is 16.6. The molecular formula is C16H24N2O2. The monoisotopic (exact) mass is 276 g/mol. The normalized spacial score (nSPS) is 22.6. The van der Waals surface area contributed by atoms with Gasteiger partial charge in [-0.2, -0.15) is 0 Å². The van der Waals surface area contributed by atoms with Crippen LogP contribution in [0.4, 0.5) is 11.4 Å². The minimum absolute atomic E-state index is 0.200. The van der Waals surface area contributed by atoms with Gasteiger partial charge in [0.1, 0.15) is 5.69 Å². The second kappa shape index (κ2) is 6.25. The molecule has 0 heterocycles. The van der Waals surface area contributed by atoms with Crippen LogP contribution in [0.2, 0.25) is 0 Å². The van der Waals surface area contributed by atoms with Crippen LogP contribution in [0.3, 0.4) is 0 Å². The number of anilines is 1. The molecule has 1 aliphatic carbocycles. The first-order chi connectivity index (χ1) is 9.51. The van der Waals surface area contributed by atoms with E-state index < -0.39 is 0 Å². The molecule has 1 aliphatic rings. The Morgan fingerprint density at radius 2 is 1.80 bits per heavy atom. The van der Waals surface area contributed by atoms with E-state index in [1.165, 1.54) is 19.3 Å². The highest BCUT2D eigenvalue weighted by Crippen LogP contribution is 2.33. The molecule has 0 amide bonds. The quantitative estimate of drug-likeness (QED) is 0.646. The van der Waals surface area contributed by atoms with Gasteiger partial charge in [-0.3, -0.25) is 10.1 Å². The Morgan fingerprint density at radius 1 is 1.20 bits per heavy atom. The summed E-state index contributed by atoms with van der Waals surface area (Å²) in [6.45, 7) is 6.16. The first-order valence-electron chi connectivity index (χ1n) is 7.53. The van der Waals surface area contributed by atoms with Gasteiger partial charge in [0.05, 0.1) is 4.92 Å². The van der Waals surface area contributed by atoms with Crippen LogP contribution in [0.25, 0.3) is 0 Å². The number of hydrogen-bond acceptors (Lipinski definition) is 3. The van der Waals surface area contributed by atoms with E-state index in [1.807, 2.05) is 19.9 Å². The van der Waals surface area contributed by atoms with Crippen molar-refractivity contribution < 1.29 is 4.92 Å². The summed E-state index contributed by atoms with van der Waals surface area (Å²) < 4.78 is 0. The van der Waals surface area contributed by atoms with Crippen LogP contribution in [0.15, 0.2) is 12.1 Å². The van der Waals surface area contributed by atoms with Gasteiger partial charge in [0.2, 0.25) is 0 Å². The predicted molar refractivity (Wildman–Crippen MR) is 82.2 cm³/mol. The van der Waals surface area contributed by atoms with Crippen LogP contribution in [-0.2, 0) is 0 Å². The summed E-state index contributed by atoms with van der Waals surface area (Å²) in [5.74, 6) is 0.836. The van der Waals surface area contributed by atoms with E-state index in [1.54, 1.807) is 6.07 Å². The van der Waals surface area contributed by atoms with Crippen molar-refractivity contribution in [3.05, 3.63) is 33.4 Å². The van der Waals surface area contributed by atoms with Gasteiger partial charge >= 0.3 is 0 Å². The number of nitrogens with zero attached hydrogens (tertiary/aromatic N) is 1. The van der Waals surface area contributed by atoms with Crippen LogP contribution in [0.1, 0.15) is 50.2 Å². The molecule has 2 rings (SSSR count). The van der Waals surface area contributed by atoms with Crippen molar-refractivity contribution in [3.8, 4) is 0 Å². The van der Waals surface area contributed by atoms with Crippen molar-refractivity contribution in [2.45, 2.75) is 58.9 Å². The maximum Gasteiger partial charge on any atom is 0.292 e. The summed E-state index contributed by atoms with van der Waals surface area (Å²) in [4.78, 5) is 10.9. The van der Waals surface area contributed by atoms with Gasteiger partial charge in [-0.25, -0.2) is 0 Å². The molecule has 0 radical (unpaired) electrons. The molecular weight excluding hydrogens is 252 g/mol. The number of aryl methyl sites for hydroxylation is 2.